The average Bonchev–Trinajstić information content (AvgIpc) is 2.43. The lowest BCUT2D eigenvalue weighted by Gasteiger charge is -2.14. The summed E-state index contributed by atoms with van der Waals surface area (Å²) in [6, 6.07) is 14.3. The van der Waals surface area contributed by atoms with E-state index in [1.807, 2.05) is 24.3 Å². The molecule has 4 heteroatoms. The van der Waals surface area contributed by atoms with Crippen LogP contribution in [-0.4, -0.2) is 5.11 Å². The Kier molecular flexibility index (Phi) is 5.15. The first kappa shape index (κ1) is 15.0. The van der Waals surface area contributed by atoms with E-state index in [1.165, 1.54) is 11.1 Å². The van der Waals surface area contributed by atoms with Crippen LogP contribution in [-0.2, 0) is 6.42 Å². The van der Waals surface area contributed by atoms with Gasteiger partial charge in [-0.2, -0.15) is 0 Å². The van der Waals surface area contributed by atoms with E-state index in [4.69, 9.17) is 12.2 Å². The summed E-state index contributed by atoms with van der Waals surface area (Å²) in [5.74, 6) is 0. The molecule has 0 atom stereocenters. The van der Waals surface area contributed by atoms with Gasteiger partial charge in [0.2, 0.25) is 0 Å². The maximum Gasteiger partial charge on any atom is 0.175 e. The van der Waals surface area contributed by atoms with E-state index in [9.17, 15) is 0 Å². The lowest BCUT2D eigenvalue weighted by atomic mass is 10.1. The molecule has 2 N–H and O–H groups in total. The fraction of sp³-hybridized carbons (Fsp3) is 0.188. The summed E-state index contributed by atoms with van der Waals surface area (Å²) >= 11 is 8.84. The van der Waals surface area contributed by atoms with Gasteiger partial charge in [-0.1, -0.05) is 40.5 Å². The van der Waals surface area contributed by atoms with Crippen molar-refractivity contribution in [3.63, 3.8) is 0 Å². The summed E-state index contributed by atoms with van der Waals surface area (Å²) in [6.45, 7) is 4.19. The summed E-state index contributed by atoms with van der Waals surface area (Å²) in [5.41, 5.74) is 4.49. The normalized spacial score (nSPS) is 10.2. The third-order valence-electron chi connectivity index (χ3n) is 3.01. The highest BCUT2D eigenvalue weighted by atomic mass is 79.9. The molecular weight excluding hydrogens is 332 g/mol. The van der Waals surface area contributed by atoms with E-state index in [2.05, 4.69) is 58.6 Å². The van der Waals surface area contributed by atoms with Gasteiger partial charge in [-0.05, 0) is 61.5 Å². The first-order valence-electron chi connectivity index (χ1n) is 6.51. The minimum Gasteiger partial charge on any atom is -0.332 e. The number of hydrogen-bond acceptors (Lipinski definition) is 1. The molecule has 20 heavy (non-hydrogen) atoms. The zero-order valence-electron chi connectivity index (χ0n) is 11.5. The molecule has 0 radical (unpaired) electrons. The van der Waals surface area contributed by atoms with Crippen LogP contribution in [0.25, 0.3) is 0 Å². The van der Waals surface area contributed by atoms with Gasteiger partial charge in [0.25, 0.3) is 0 Å². The van der Waals surface area contributed by atoms with Crippen LogP contribution < -0.4 is 10.6 Å². The molecule has 0 unspecified atom stereocenters. The predicted molar refractivity (Wildman–Crippen MR) is 94.5 cm³/mol. The van der Waals surface area contributed by atoms with Crippen molar-refractivity contribution < 1.29 is 0 Å². The molecule has 0 heterocycles. The van der Waals surface area contributed by atoms with E-state index < -0.39 is 0 Å². The number of hydrogen-bond donors (Lipinski definition) is 2. The summed E-state index contributed by atoms with van der Waals surface area (Å²) in [6.07, 6.45) is 0.953. The van der Waals surface area contributed by atoms with Crippen LogP contribution in [0.3, 0.4) is 0 Å². The van der Waals surface area contributed by atoms with Gasteiger partial charge in [-0.15, -0.1) is 0 Å². The van der Waals surface area contributed by atoms with Crippen LogP contribution >= 0.6 is 28.1 Å². The number of anilines is 2. The standard InChI is InChI=1S/C16H17BrN2S/c1-3-12-10-13(17)6-9-15(12)19-16(20)18-14-7-4-11(2)5-8-14/h4-10H,3H2,1-2H3,(H2,18,19,20). The Labute approximate surface area is 133 Å². The molecule has 104 valence electrons. The third-order valence-corrected chi connectivity index (χ3v) is 3.70. The lowest BCUT2D eigenvalue weighted by Crippen LogP contribution is -2.19. The second kappa shape index (κ2) is 6.86. The van der Waals surface area contributed by atoms with Crippen molar-refractivity contribution in [2.24, 2.45) is 0 Å². The van der Waals surface area contributed by atoms with Crippen molar-refractivity contribution in [3.05, 3.63) is 58.1 Å². The topological polar surface area (TPSA) is 24.1 Å². The van der Waals surface area contributed by atoms with Crippen molar-refractivity contribution in [2.45, 2.75) is 20.3 Å². The monoisotopic (exact) mass is 348 g/mol. The highest BCUT2D eigenvalue weighted by Gasteiger charge is 2.04. The smallest absolute Gasteiger partial charge is 0.175 e. The minimum absolute atomic E-state index is 0.603. The highest BCUT2D eigenvalue weighted by Crippen LogP contribution is 2.22. The molecular formula is C16H17BrN2S. The molecule has 0 aliphatic carbocycles. The van der Waals surface area contributed by atoms with Gasteiger partial charge in [0, 0.05) is 15.8 Å². The Hall–Kier alpha value is -1.39. The largest absolute Gasteiger partial charge is 0.332 e. The van der Waals surface area contributed by atoms with Crippen LogP contribution in [0.4, 0.5) is 11.4 Å². The van der Waals surface area contributed by atoms with Gasteiger partial charge in [0.1, 0.15) is 0 Å². The van der Waals surface area contributed by atoms with Crippen LogP contribution in [0.15, 0.2) is 46.9 Å². The number of rotatable bonds is 3. The molecule has 0 fully saturated rings. The number of thiocarbonyl (C=S) groups is 1. The van der Waals surface area contributed by atoms with E-state index in [0.717, 1.165) is 22.3 Å². The maximum atomic E-state index is 5.36. The van der Waals surface area contributed by atoms with E-state index in [-0.39, 0.29) is 0 Å². The summed E-state index contributed by atoms with van der Waals surface area (Å²) in [5, 5.41) is 7.05. The zero-order chi connectivity index (χ0) is 14.5. The zero-order valence-corrected chi connectivity index (χ0v) is 13.9. The number of halogens is 1. The highest BCUT2D eigenvalue weighted by molar-refractivity contribution is 9.10. The Morgan fingerprint density at radius 3 is 2.45 bits per heavy atom. The number of nitrogens with one attached hydrogen (secondary N) is 2. The molecule has 0 spiro atoms. The molecule has 2 aromatic carbocycles. The number of aryl methyl sites for hydroxylation is 2. The fourth-order valence-electron chi connectivity index (χ4n) is 1.90. The SMILES string of the molecule is CCc1cc(Br)ccc1NC(=S)Nc1ccc(C)cc1. The van der Waals surface area contributed by atoms with Gasteiger partial charge < -0.3 is 10.6 Å². The Balaban J connectivity index is 2.06. The molecule has 0 amide bonds. The Morgan fingerprint density at radius 1 is 1.10 bits per heavy atom. The van der Waals surface area contributed by atoms with E-state index in [0.29, 0.717) is 5.11 Å². The summed E-state index contributed by atoms with van der Waals surface area (Å²) < 4.78 is 1.08. The molecule has 0 bridgehead atoms. The van der Waals surface area contributed by atoms with Crippen LogP contribution in [0, 0.1) is 6.92 Å². The van der Waals surface area contributed by atoms with Gasteiger partial charge in [0.15, 0.2) is 5.11 Å². The Bertz CT molecular complexity index is 608. The van der Waals surface area contributed by atoms with Crippen LogP contribution in [0.1, 0.15) is 18.1 Å². The number of benzene rings is 2. The van der Waals surface area contributed by atoms with Crippen molar-refractivity contribution in [1.29, 1.82) is 0 Å². The second-order valence-electron chi connectivity index (χ2n) is 4.60. The average molecular weight is 349 g/mol. The molecule has 2 nitrogen and oxygen atoms in total. The van der Waals surface area contributed by atoms with Crippen LogP contribution in [0.5, 0.6) is 0 Å². The van der Waals surface area contributed by atoms with E-state index >= 15 is 0 Å². The fourth-order valence-corrected chi connectivity index (χ4v) is 2.53. The van der Waals surface area contributed by atoms with Gasteiger partial charge in [-0.3, -0.25) is 0 Å². The van der Waals surface area contributed by atoms with Gasteiger partial charge in [0.05, 0.1) is 0 Å². The summed E-state index contributed by atoms with van der Waals surface area (Å²) in [4.78, 5) is 0. The van der Waals surface area contributed by atoms with Crippen molar-refractivity contribution >= 4 is 44.6 Å². The molecule has 0 saturated carbocycles. The van der Waals surface area contributed by atoms with Gasteiger partial charge in [-0.25, -0.2) is 0 Å². The van der Waals surface area contributed by atoms with Crippen LogP contribution in [0.2, 0.25) is 0 Å². The maximum absolute atomic E-state index is 5.36. The second-order valence-corrected chi connectivity index (χ2v) is 5.92. The molecule has 0 aliphatic rings. The first-order valence-corrected chi connectivity index (χ1v) is 7.71. The predicted octanol–water partition coefficient (Wildman–Crippen LogP) is 5.13. The molecule has 0 saturated heterocycles. The van der Waals surface area contributed by atoms with Crippen molar-refractivity contribution in [1.82, 2.24) is 0 Å². The minimum atomic E-state index is 0.603. The summed E-state index contributed by atoms with van der Waals surface area (Å²) in [7, 11) is 0. The van der Waals surface area contributed by atoms with Crippen molar-refractivity contribution in [2.75, 3.05) is 10.6 Å². The molecule has 2 aromatic rings. The Morgan fingerprint density at radius 2 is 1.80 bits per heavy atom. The van der Waals surface area contributed by atoms with Crippen molar-refractivity contribution in [3.8, 4) is 0 Å². The third kappa shape index (κ3) is 4.05. The van der Waals surface area contributed by atoms with E-state index in [1.54, 1.807) is 0 Å². The quantitative estimate of drug-likeness (QED) is 0.752. The van der Waals surface area contributed by atoms with Gasteiger partial charge >= 0.3 is 0 Å². The molecule has 2 rings (SSSR count). The lowest BCUT2D eigenvalue weighted by molar-refractivity contribution is 1.14. The first-order chi connectivity index (χ1) is 9.58. The molecule has 0 aromatic heterocycles. The molecule has 0 aliphatic heterocycles.